The van der Waals surface area contributed by atoms with Crippen molar-refractivity contribution in [1.82, 2.24) is 0 Å². The zero-order valence-electron chi connectivity index (χ0n) is 8.26. The third-order valence-corrected chi connectivity index (χ3v) is 3.70. The second-order valence-corrected chi connectivity index (χ2v) is 5.08. The van der Waals surface area contributed by atoms with Gasteiger partial charge in [-0.25, -0.2) is 0 Å². The lowest BCUT2D eigenvalue weighted by Crippen LogP contribution is -2.29. The third-order valence-electron chi connectivity index (χ3n) is 3.28. The molecule has 1 aliphatic rings. The molecule has 0 spiro atoms. The van der Waals surface area contributed by atoms with Crippen molar-refractivity contribution in [3.8, 4) is 0 Å². The van der Waals surface area contributed by atoms with Gasteiger partial charge in [0.25, 0.3) is 0 Å². The van der Waals surface area contributed by atoms with Gasteiger partial charge in [-0.2, -0.15) is 0 Å². The van der Waals surface area contributed by atoms with E-state index < -0.39 is 0 Å². The van der Waals surface area contributed by atoms with Gasteiger partial charge in [0.2, 0.25) is 0 Å². The second kappa shape index (κ2) is 4.07. The summed E-state index contributed by atoms with van der Waals surface area (Å²) < 4.78 is 6.35. The van der Waals surface area contributed by atoms with Crippen molar-refractivity contribution < 1.29 is 4.42 Å². The van der Waals surface area contributed by atoms with Crippen molar-refractivity contribution in [2.45, 2.75) is 32.1 Å². The topological polar surface area (TPSA) is 39.2 Å². The van der Waals surface area contributed by atoms with Crippen LogP contribution in [0.5, 0.6) is 0 Å². The molecule has 0 saturated heterocycles. The van der Waals surface area contributed by atoms with Gasteiger partial charge in [0.1, 0.15) is 5.76 Å². The number of hydrogen-bond donors (Lipinski definition) is 1. The molecule has 0 aliphatic heterocycles. The van der Waals surface area contributed by atoms with E-state index in [-0.39, 0.29) is 0 Å². The average Bonchev–Trinajstić information content (AvgIpc) is 2.77. The smallest absolute Gasteiger partial charge is 0.169 e. The molecule has 0 bridgehead atoms. The van der Waals surface area contributed by atoms with E-state index in [1.165, 1.54) is 25.7 Å². The van der Waals surface area contributed by atoms with Crippen molar-refractivity contribution in [2.24, 2.45) is 11.1 Å². The minimum absolute atomic E-state index is 0.317. The molecule has 2 rings (SSSR count). The first kappa shape index (κ1) is 10.2. The van der Waals surface area contributed by atoms with Crippen LogP contribution in [0.15, 0.2) is 21.2 Å². The van der Waals surface area contributed by atoms with Crippen LogP contribution in [0.1, 0.15) is 31.4 Å². The lowest BCUT2D eigenvalue weighted by Gasteiger charge is -2.25. The first-order valence-electron chi connectivity index (χ1n) is 5.18. The number of hydrogen-bond acceptors (Lipinski definition) is 2. The van der Waals surface area contributed by atoms with Crippen LogP contribution < -0.4 is 5.73 Å². The monoisotopic (exact) mass is 257 g/mol. The zero-order chi connectivity index (χ0) is 10.0. The quantitative estimate of drug-likeness (QED) is 0.904. The molecule has 0 aromatic carbocycles. The Morgan fingerprint density at radius 3 is 2.57 bits per heavy atom. The first-order chi connectivity index (χ1) is 6.74. The summed E-state index contributed by atoms with van der Waals surface area (Å²) in [5, 5.41) is 0. The largest absolute Gasteiger partial charge is 0.454 e. The third kappa shape index (κ3) is 2.04. The summed E-state index contributed by atoms with van der Waals surface area (Å²) in [7, 11) is 0. The predicted molar refractivity (Wildman–Crippen MR) is 60.1 cm³/mol. The Balaban J connectivity index is 2.08. The van der Waals surface area contributed by atoms with Crippen molar-refractivity contribution in [2.75, 3.05) is 6.54 Å². The van der Waals surface area contributed by atoms with Gasteiger partial charge >= 0.3 is 0 Å². The lowest BCUT2D eigenvalue weighted by molar-refractivity contribution is 0.280. The summed E-state index contributed by atoms with van der Waals surface area (Å²) in [5.74, 6) is 1.06. The highest BCUT2D eigenvalue weighted by Gasteiger charge is 2.33. The van der Waals surface area contributed by atoms with E-state index in [4.69, 9.17) is 10.2 Å². The van der Waals surface area contributed by atoms with Crippen LogP contribution >= 0.6 is 15.9 Å². The summed E-state index contributed by atoms with van der Waals surface area (Å²) in [4.78, 5) is 0. The number of nitrogens with two attached hydrogens (primary N) is 1. The number of rotatable bonds is 3. The molecule has 2 N–H and O–H groups in total. The molecule has 0 radical (unpaired) electrons. The Bertz CT molecular complexity index is 302. The van der Waals surface area contributed by atoms with Gasteiger partial charge in [0.05, 0.1) is 0 Å². The van der Waals surface area contributed by atoms with Gasteiger partial charge in [0, 0.05) is 6.42 Å². The van der Waals surface area contributed by atoms with Gasteiger partial charge in [-0.05, 0) is 52.9 Å². The summed E-state index contributed by atoms with van der Waals surface area (Å²) in [5.41, 5.74) is 6.19. The molecular weight excluding hydrogens is 242 g/mol. The van der Waals surface area contributed by atoms with Crippen molar-refractivity contribution in [1.29, 1.82) is 0 Å². The molecule has 1 saturated carbocycles. The van der Waals surface area contributed by atoms with Gasteiger partial charge < -0.3 is 10.2 Å². The highest BCUT2D eigenvalue weighted by molar-refractivity contribution is 9.10. The molecule has 1 aromatic rings. The normalized spacial score (nSPS) is 20.1. The maximum atomic E-state index is 5.87. The fourth-order valence-corrected chi connectivity index (χ4v) is 2.73. The van der Waals surface area contributed by atoms with Gasteiger partial charge in [-0.1, -0.05) is 12.8 Å². The Morgan fingerprint density at radius 1 is 1.36 bits per heavy atom. The molecule has 1 aliphatic carbocycles. The number of furan rings is 1. The summed E-state index contributed by atoms with van der Waals surface area (Å²) in [6.07, 6.45) is 6.14. The van der Waals surface area contributed by atoms with Crippen LogP contribution in [-0.4, -0.2) is 6.54 Å². The van der Waals surface area contributed by atoms with E-state index in [1.807, 2.05) is 12.1 Å². The zero-order valence-corrected chi connectivity index (χ0v) is 9.85. The molecule has 0 atom stereocenters. The van der Waals surface area contributed by atoms with Crippen LogP contribution in [0.25, 0.3) is 0 Å². The molecule has 0 unspecified atom stereocenters. The predicted octanol–water partition coefficient (Wildman–Crippen LogP) is 3.10. The van der Waals surface area contributed by atoms with Crippen LogP contribution in [0.4, 0.5) is 0 Å². The molecule has 14 heavy (non-hydrogen) atoms. The minimum atomic E-state index is 0.317. The van der Waals surface area contributed by atoms with Crippen LogP contribution in [0.2, 0.25) is 0 Å². The maximum Gasteiger partial charge on any atom is 0.169 e. The first-order valence-corrected chi connectivity index (χ1v) is 5.98. The average molecular weight is 258 g/mol. The molecule has 2 nitrogen and oxygen atoms in total. The Kier molecular flexibility index (Phi) is 2.98. The van der Waals surface area contributed by atoms with E-state index in [2.05, 4.69) is 15.9 Å². The maximum absolute atomic E-state index is 5.87. The molecule has 1 heterocycles. The molecule has 1 aromatic heterocycles. The van der Waals surface area contributed by atoms with Gasteiger partial charge in [-0.15, -0.1) is 0 Å². The SMILES string of the molecule is NCC1(Cc2ccc(Br)o2)CCCC1. The Morgan fingerprint density at radius 2 is 2.07 bits per heavy atom. The van der Waals surface area contributed by atoms with Crippen LogP contribution in [0, 0.1) is 5.41 Å². The standard InChI is InChI=1S/C11H16BrNO/c12-10-4-3-9(14-10)7-11(8-13)5-1-2-6-11/h3-4H,1-2,5-8,13H2. The van der Waals surface area contributed by atoms with Crippen LogP contribution in [0.3, 0.4) is 0 Å². The summed E-state index contributed by atoms with van der Waals surface area (Å²) in [6.45, 7) is 0.783. The Hall–Kier alpha value is -0.280. The van der Waals surface area contributed by atoms with Gasteiger partial charge in [-0.3, -0.25) is 0 Å². The molecule has 78 valence electrons. The minimum Gasteiger partial charge on any atom is -0.454 e. The fraction of sp³-hybridized carbons (Fsp3) is 0.636. The Labute approximate surface area is 93.0 Å². The molecule has 3 heteroatoms. The molecule has 1 fully saturated rings. The van der Waals surface area contributed by atoms with Crippen molar-refractivity contribution in [3.05, 3.63) is 22.6 Å². The number of halogens is 1. The van der Waals surface area contributed by atoms with E-state index in [0.717, 1.165) is 23.4 Å². The summed E-state index contributed by atoms with van der Waals surface area (Å²) >= 11 is 3.32. The molecular formula is C11H16BrNO. The van der Waals surface area contributed by atoms with Crippen LogP contribution in [-0.2, 0) is 6.42 Å². The van der Waals surface area contributed by atoms with E-state index in [1.54, 1.807) is 0 Å². The van der Waals surface area contributed by atoms with E-state index in [0.29, 0.717) is 5.41 Å². The van der Waals surface area contributed by atoms with E-state index >= 15 is 0 Å². The lowest BCUT2D eigenvalue weighted by atomic mass is 9.82. The highest BCUT2D eigenvalue weighted by Crippen LogP contribution is 2.40. The fourth-order valence-electron chi connectivity index (χ4n) is 2.39. The summed E-state index contributed by atoms with van der Waals surface area (Å²) in [6, 6.07) is 3.99. The molecule has 0 amide bonds. The van der Waals surface area contributed by atoms with Crippen molar-refractivity contribution >= 4 is 15.9 Å². The second-order valence-electron chi connectivity index (χ2n) is 4.29. The van der Waals surface area contributed by atoms with E-state index in [9.17, 15) is 0 Å². The highest BCUT2D eigenvalue weighted by atomic mass is 79.9. The van der Waals surface area contributed by atoms with Gasteiger partial charge in [0.15, 0.2) is 4.67 Å². The van der Waals surface area contributed by atoms with Crippen molar-refractivity contribution in [3.63, 3.8) is 0 Å².